The molecule has 8 heteroatoms. The van der Waals surface area contributed by atoms with Crippen LogP contribution in [-0.2, 0) is 0 Å². The Hall–Kier alpha value is -2.48. The number of nitro benzene ring substituents is 1. The van der Waals surface area contributed by atoms with E-state index >= 15 is 0 Å². The fourth-order valence-corrected chi connectivity index (χ4v) is 2.12. The molecule has 2 rings (SSSR count). The number of hydrogen-bond donors (Lipinski definition) is 2. The maximum Gasteiger partial charge on any atom is 0.270 e. The Morgan fingerprint density at radius 1 is 1.39 bits per heavy atom. The molecule has 0 aliphatic carbocycles. The van der Waals surface area contributed by atoms with Crippen LogP contribution in [0.4, 0.5) is 16.6 Å². The molecular formula is C10H8N4O3S. The van der Waals surface area contributed by atoms with Crippen LogP contribution in [0.1, 0.15) is 15.2 Å². The zero-order valence-corrected chi connectivity index (χ0v) is 9.81. The lowest BCUT2D eigenvalue weighted by atomic mass is 10.1. The van der Waals surface area contributed by atoms with Crippen molar-refractivity contribution in [1.29, 1.82) is 0 Å². The van der Waals surface area contributed by atoms with Gasteiger partial charge >= 0.3 is 0 Å². The van der Waals surface area contributed by atoms with Crippen molar-refractivity contribution in [3.8, 4) is 0 Å². The molecule has 0 radical (unpaired) electrons. The number of nitrogens with two attached hydrogens (primary N) is 2. The Kier molecular flexibility index (Phi) is 2.94. The smallest absolute Gasteiger partial charge is 0.270 e. The summed E-state index contributed by atoms with van der Waals surface area (Å²) in [6.45, 7) is 0. The number of hydrogen-bond acceptors (Lipinski definition) is 7. The van der Waals surface area contributed by atoms with Crippen molar-refractivity contribution in [2.24, 2.45) is 0 Å². The molecule has 0 bridgehead atoms. The van der Waals surface area contributed by atoms with Crippen LogP contribution < -0.4 is 11.5 Å². The molecule has 4 N–H and O–H groups in total. The minimum absolute atomic E-state index is 0.0361. The van der Waals surface area contributed by atoms with Gasteiger partial charge in [0.15, 0.2) is 5.13 Å². The van der Waals surface area contributed by atoms with Gasteiger partial charge in [0.05, 0.1) is 4.92 Å². The van der Waals surface area contributed by atoms with Gasteiger partial charge < -0.3 is 11.5 Å². The predicted molar refractivity (Wildman–Crippen MR) is 67.5 cm³/mol. The molecule has 0 aliphatic heterocycles. The highest BCUT2D eigenvalue weighted by atomic mass is 32.1. The van der Waals surface area contributed by atoms with Gasteiger partial charge in [-0.05, 0) is 0 Å². The molecule has 7 nitrogen and oxygen atoms in total. The largest absolute Gasteiger partial charge is 0.382 e. The second-order valence-electron chi connectivity index (χ2n) is 3.40. The Bertz CT molecular complexity index is 638. The molecule has 0 fully saturated rings. The zero-order valence-electron chi connectivity index (χ0n) is 8.99. The summed E-state index contributed by atoms with van der Waals surface area (Å²) >= 11 is 0.954. The van der Waals surface area contributed by atoms with E-state index in [9.17, 15) is 14.9 Å². The van der Waals surface area contributed by atoms with E-state index in [0.717, 1.165) is 11.3 Å². The number of aromatic nitrogens is 1. The Morgan fingerprint density at radius 3 is 2.67 bits per heavy atom. The molecule has 1 aromatic heterocycles. The summed E-state index contributed by atoms with van der Waals surface area (Å²) in [4.78, 5) is 26.0. The number of carbonyl (C=O) groups excluding carboxylic acids is 1. The highest BCUT2D eigenvalue weighted by molar-refractivity contribution is 7.18. The SMILES string of the molecule is Nc1nc(N)c(C(=O)c2cccc([N+](=O)[O-])c2)s1. The number of carbonyl (C=O) groups is 1. The van der Waals surface area contributed by atoms with Crippen LogP contribution in [0.5, 0.6) is 0 Å². The van der Waals surface area contributed by atoms with Gasteiger partial charge in [0.25, 0.3) is 5.69 Å². The van der Waals surface area contributed by atoms with Crippen LogP contribution in [0.15, 0.2) is 24.3 Å². The third kappa shape index (κ3) is 2.13. The monoisotopic (exact) mass is 264 g/mol. The lowest BCUT2D eigenvalue weighted by Gasteiger charge is -1.98. The van der Waals surface area contributed by atoms with Crippen molar-refractivity contribution in [3.05, 3.63) is 44.8 Å². The number of benzene rings is 1. The van der Waals surface area contributed by atoms with Gasteiger partial charge in [0.1, 0.15) is 10.7 Å². The van der Waals surface area contributed by atoms with Crippen LogP contribution in [0.2, 0.25) is 0 Å². The summed E-state index contributed by atoms with van der Waals surface area (Å²) in [6, 6.07) is 5.41. The van der Waals surface area contributed by atoms with Gasteiger partial charge in [-0.25, -0.2) is 4.98 Å². The van der Waals surface area contributed by atoms with Crippen molar-refractivity contribution in [3.63, 3.8) is 0 Å². The van der Waals surface area contributed by atoms with Crippen LogP contribution in [0, 0.1) is 10.1 Å². The number of ketones is 1. The topological polar surface area (TPSA) is 125 Å². The molecule has 0 saturated carbocycles. The number of anilines is 2. The zero-order chi connectivity index (χ0) is 13.3. The minimum atomic E-state index is -0.568. The average molecular weight is 264 g/mol. The lowest BCUT2D eigenvalue weighted by molar-refractivity contribution is -0.384. The normalized spacial score (nSPS) is 10.2. The van der Waals surface area contributed by atoms with Gasteiger partial charge in [0.2, 0.25) is 5.78 Å². The number of non-ortho nitro benzene ring substituents is 1. The van der Waals surface area contributed by atoms with Crippen LogP contribution in [0.3, 0.4) is 0 Å². The third-order valence-corrected chi connectivity index (χ3v) is 3.09. The minimum Gasteiger partial charge on any atom is -0.382 e. The molecule has 0 aliphatic rings. The molecule has 0 amide bonds. The summed E-state index contributed by atoms with van der Waals surface area (Å²) in [5.74, 6) is -0.389. The highest BCUT2D eigenvalue weighted by Gasteiger charge is 2.18. The Labute approximate surface area is 105 Å². The molecule has 18 heavy (non-hydrogen) atoms. The Balaban J connectivity index is 2.43. The predicted octanol–water partition coefficient (Wildman–Crippen LogP) is 1.45. The number of rotatable bonds is 3. The standard InChI is InChI=1S/C10H8N4O3S/c11-9-8(18-10(12)13-9)7(15)5-2-1-3-6(4-5)14(16)17/h1-4H,11H2,(H2,12,13). The maximum absolute atomic E-state index is 12.1. The van der Waals surface area contributed by atoms with Crippen molar-refractivity contribution in [1.82, 2.24) is 4.98 Å². The van der Waals surface area contributed by atoms with Gasteiger partial charge in [0, 0.05) is 17.7 Å². The first kappa shape index (κ1) is 12.0. The number of thiazole rings is 1. The quantitative estimate of drug-likeness (QED) is 0.491. The second kappa shape index (κ2) is 4.41. The number of nitro groups is 1. The first-order valence-electron chi connectivity index (χ1n) is 4.80. The van der Waals surface area contributed by atoms with Gasteiger partial charge in [-0.2, -0.15) is 0 Å². The van der Waals surface area contributed by atoms with Crippen LogP contribution in [-0.4, -0.2) is 15.7 Å². The van der Waals surface area contributed by atoms with Crippen LogP contribution in [0.25, 0.3) is 0 Å². The van der Waals surface area contributed by atoms with Crippen molar-refractivity contribution >= 4 is 33.8 Å². The molecule has 2 aromatic rings. The fraction of sp³-hybridized carbons (Fsp3) is 0. The van der Waals surface area contributed by atoms with E-state index < -0.39 is 10.7 Å². The highest BCUT2D eigenvalue weighted by Crippen LogP contribution is 2.26. The van der Waals surface area contributed by atoms with E-state index in [2.05, 4.69) is 4.98 Å². The summed E-state index contributed by atoms with van der Waals surface area (Å²) in [5, 5.41) is 10.8. The summed E-state index contributed by atoms with van der Waals surface area (Å²) in [5.41, 5.74) is 11.0. The molecule has 1 heterocycles. The lowest BCUT2D eigenvalue weighted by Crippen LogP contribution is -2.03. The Morgan fingerprint density at radius 2 is 2.11 bits per heavy atom. The molecule has 1 aromatic carbocycles. The summed E-state index contributed by atoms with van der Waals surface area (Å²) < 4.78 is 0. The maximum atomic E-state index is 12.1. The van der Waals surface area contributed by atoms with E-state index in [1.807, 2.05) is 0 Å². The van der Waals surface area contributed by atoms with Crippen molar-refractivity contribution < 1.29 is 9.72 Å². The second-order valence-corrected chi connectivity index (χ2v) is 4.43. The van der Waals surface area contributed by atoms with E-state index in [-0.39, 0.29) is 27.1 Å². The molecule has 0 atom stereocenters. The van der Waals surface area contributed by atoms with E-state index in [1.165, 1.54) is 24.3 Å². The molecular weight excluding hydrogens is 256 g/mol. The van der Waals surface area contributed by atoms with Gasteiger partial charge in [-0.3, -0.25) is 14.9 Å². The number of nitrogen functional groups attached to an aromatic ring is 2. The van der Waals surface area contributed by atoms with Crippen molar-refractivity contribution in [2.45, 2.75) is 0 Å². The fourth-order valence-electron chi connectivity index (χ4n) is 1.40. The van der Waals surface area contributed by atoms with E-state index in [0.29, 0.717) is 0 Å². The number of nitrogens with zero attached hydrogens (tertiary/aromatic N) is 2. The van der Waals surface area contributed by atoms with Crippen molar-refractivity contribution in [2.75, 3.05) is 11.5 Å². The first-order chi connectivity index (χ1) is 8.49. The van der Waals surface area contributed by atoms with Gasteiger partial charge in [-0.15, -0.1) is 0 Å². The van der Waals surface area contributed by atoms with E-state index in [1.54, 1.807) is 0 Å². The molecule has 0 spiro atoms. The average Bonchev–Trinajstić information content (AvgIpc) is 2.67. The van der Waals surface area contributed by atoms with Gasteiger partial charge in [-0.1, -0.05) is 23.5 Å². The first-order valence-corrected chi connectivity index (χ1v) is 5.61. The molecule has 0 saturated heterocycles. The summed E-state index contributed by atoms with van der Waals surface area (Å²) in [7, 11) is 0. The molecule has 0 unspecified atom stereocenters. The third-order valence-electron chi connectivity index (χ3n) is 2.20. The molecule has 92 valence electrons. The summed E-state index contributed by atoms with van der Waals surface area (Å²) in [6.07, 6.45) is 0. The van der Waals surface area contributed by atoms with E-state index in [4.69, 9.17) is 11.5 Å². The van der Waals surface area contributed by atoms with Crippen LogP contribution >= 0.6 is 11.3 Å².